The van der Waals surface area contributed by atoms with E-state index in [9.17, 15) is 9.90 Å². The fourth-order valence-electron chi connectivity index (χ4n) is 5.74. The minimum atomic E-state index is -0.173. The summed E-state index contributed by atoms with van der Waals surface area (Å²) in [5.74, 6) is 0.786. The van der Waals surface area contributed by atoms with Crippen LogP contribution in [0, 0.1) is 21.8 Å². The van der Waals surface area contributed by atoms with Crippen molar-refractivity contribution in [1.82, 2.24) is 0 Å². The Labute approximate surface area is 195 Å². The second kappa shape index (κ2) is 8.67. The highest BCUT2D eigenvalue weighted by molar-refractivity contribution is 5.92. The summed E-state index contributed by atoms with van der Waals surface area (Å²) in [4.78, 5) is 13.5. The van der Waals surface area contributed by atoms with Gasteiger partial charge in [-0.2, -0.15) is 0 Å². The summed E-state index contributed by atoms with van der Waals surface area (Å²) in [6, 6.07) is 24.6. The second-order valence-corrected chi connectivity index (χ2v) is 10.1. The van der Waals surface area contributed by atoms with E-state index in [0.29, 0.717) is 11.5 Å². The molecule has 2 heteroatoms. The molecule has 3 aromatic rings. The van der Waals surface area contributed by atoms with E-state index in [-0.39, 0.29) is 17.3 Å². The number of hydrogen-bond donors (Lipinski definition) is 1. The maximum atomic E-state index is 13.5. The summed E-state index contributed by atoms with van der Waals surface area (Å²) < 4.78 is 0. The zero-order chi connectivity index (χ0) is 23.0. The van der Waals surface area contributed by atoms with Crippen molar-refractivity contribution in [3.63, 3.8) is 0 Å². The van der Waals surface area contributed by atoms with E-state index in [0.717, 1.165) is 42.9 Å². The Morgan fingerprint density at radius 3 is 2.15 bits per heavy atom. The maximum Gasteiger partial charge on any atom is 0.146 e. The molecule has 6 rings (SSSR count). The van der Waals surface area contributed by atoms with Crippen LogP contribution in [0.15, 0.2) is 72.8 Å². The standard InChI is InChI=1S/C25H26O2.C6H6/c1-15-14-21(24(27)25(2)12-5-13-25)22-19-9-8-16-6-3-4-7-17(16)18(19)10-11-20(22)23(15)26;1-2-4-6-5-3-1/h3-4,6-8,10-11,15,21,26H,5,9,12-14H2,1-2H3;1-6H. The van der Waals surface area contributed by atoms with Gasteiger partial charge in [-0.1, -0.05) is 99.1 Å². The molecule has 0 heterocycles. The van der Waals surface area contributed by atoms with Crippen molar-refractivity contribution in [3.8, 4) is 0 Å². The number of carbonyl (C=O) groups is 1. The van der Waals surface area contributed by atoms with Crippen molar-refractivity contribution in [2.24, 2.45) is 11.3 Å². The third-order valence-electron chi connectivity index (χ3n) is 7.85. The lowest BCUT2D eigenvalue weighted by molar-refractivity contribution is -0.134. The second-order valence-electron chi connectivity index (χ2n) is 10.1. The monoisotopic (exact) mass is 436 g/mol. The van der Waals surface area contributed by atoms with Crippen LogP contribution in [0.1, 0.15) is 56.6 Å². The average molecular weight is 437 g/mol. The smallest absolute Gasteiger partial charge is 0.146 e. The first-order chi connectivity index (χ1) is 16.0. The van der Waals surface area contributed by atoms with Crippen LogP contribution in [-0.4, -0.2) is 10.9 Å². The molecular formula is C31H32O2. The van der Waals surface area contributed by atoms with Gasteiger partial charge >= 0.3 is 0 Å². The number of benzene rings is 3. The molecule has 33 heavy (non-hydrogen) atoms. The zero-order valence-corrected chi connectivity index (χ0v) is 19.6. The Morgan fingerprint density at radius 1 is 0.879 bits per heavy atom. The number of rotatable bonds is 2. The molecule has 168 valence electrons. The Morgan fingerprint density at radius 2 is 1.52 bits per heavy atom. The first-order valence-electron chi connectivity index (χ1n) is 12.2. The summed E-state index contributed by atoms with van der Waals surface area (Å²) in [5, 5.41) is 15.4. The van der Waals surface area contributed by atoms with Crippen LogP contribution in [0.3, 0.4) is 0 Å². The van der Waals surface area contributed by atoms with Gasteiger partial charge in [-0.3, -0.25) is 4.79 Å². The van der Waals surface area contributed by atoms with E-state index in [4.69, 9.17) is 0 Å². The molecule has 0 aromatic heterocycles. The number of Topliss-reactive ketones (excluding diaryl/α,β-unsaturated/α-hetero) is 1. The molecule has 2 unspecified atom stereocenters. The minimum Gasteiger partial charge on any atom is -0.511 e. The lowest BCUT2D eigenvalue weighted by Crippen LogP contribution is -2.42. The lowest BCUT2D eigenvalue weighted by Gasteiger charge is -2.41. The topological polar surface area (TPSA) is 37.3 Å². The molecule has 0 radical (unpaired) electrons. The van der Waals surface area contributed by atoms with Gasteiger partial charge in [0, 0.05) is 22.5 Å². The number of aliphatic hydroxyl groups is 1. The van der Waals surface area contributed by atoms with Crippen molar-refractivity contribution in [1.29, 1.82) is 0 Å². The molecule has 1 N–H and O–H groups in total. The van der Waals surface area contributed by atoms with Gasteiger partial charge in [0.25, 0.3) is 0 Å². The molecule has 0 bridgehead atoms. The highest BCUT2D eigenvalue weighted by Crippen LogP contribution is 2.47. The fraction of sp³-hybridized carbons (Fsp3) is 0.323. The molecule has 3 aromatic carbocycles. The van der Waals surface area contributed by atoms with Crippen LogP contribution >= 0.6 is 0 Å². The van der Waals surface area contributed by atoms with Crippen molar-refractivity contribution >= 4 is 17.6 Å². The third-order valence-corrected chi connectivity index (χ3v) is 7.85. The average Bonchev–Trinajstić information content (AvgIpc) is 2.85. The number of hydrogen-bond acceptors (Lipinski definition) is 2. The number of ketones is 1. The van der Waals surface area contributed by atoms with E-state index in [1.165, 1.54) is 21.2 Å². The van der Waals surface area contributed by atoms with Crippen LogP contribution in [0.2, 0.25) is 0 Å². The fourth-order valence-corrected chi connectivity index (χ4v) is 5.74. The van der Waals surface area contributed by atoms with Gasteiger partial charge in [-0.15, -0.1) is 0 Å². The highest BCUT2D eigenvalue weighted by Gasteiger charge is 2.45. The van der Waals surface area contributed by atoms with E-state index >= 15 is 0 Å². The van der Waals surface area contributed by atoms with Gasteiger partial charge < -0.3 is 5.11 Å². The van der Waals surface area contributed by atoms with Gasteiger partial charge in [0.2, 0.25) is 0 Å². The molecule has 3 aliphatic carbocycles. The van der Waals surface area contributed by atoms with Crippen molar-refractivity contribution in [3.05, 3.63) is 105 Å². The van der Waals surface area contributed by atoms with Crippen LogP contribution in [0.25, 0.3) is 11.8 Å². The molecule has 1 fully saturated rings. The van der Waals surface area contributed by atoms with Crippen molar-refractivity contribution in [2.45, 2.75) is 51.9 Å². The van der Waals surface area contributed by atoms with E-state index < -0.39 is 0 Å². The summed E-state index contributed by atoms with van der Waals surface area (Å²) in [7, 11) is 0. The maximum absolute atomic E-state index is 13.5. The van der Waals surface area contributed by atoms with E-state index in [1.54, 1.807) is 0 Å². The number of carbonyl (C=O) groups excluding carboxylic acids is 1. The van der Waals surface area contributed by atoms with Crippen molar-refractivity contribution in [2.75, 3.05) is 0 Å². The molecule has 0 spiro atoms. The summed E-state index contributed by atoms with van der Waals surface area (Å²) in [6.45, 7) is 4.18. The van der Waals surface area contributed by atoms with Crippen LogP contribution in [0.4, 0.5) is 0 Å². The van der Waals surface area contributed by atoms with Crippen LogP contribution in [0.5, 0.6) is 0 Å². The first-order valence-corrected chi connectivity index (χ1v) is 12.2. The number of fused-ring (bicyclic) bond motifs is 4. The number of aliphatic hydroxyl groups excluding tert-OH is 1. The zero-order valence-electron chi connectivity index (χ0n) is 19.6. The van der Waals surface area contributed by atoms with Crippen molar-refractivity contribution < 1.29 is 9.90 Å². The molecule has 1 saturated carbocycles. The molecule has 2 nitrogen and oxygen atoms in total. The van der Waals surface area contributed by atoms with Crippen LogP contribution < -0.4 is 10.4 Å². The molecule has 2 atom stereocenters. The van der Waals surface area contributed by atoms with Gasteiger partial charge in [-0.05, 0) is 52.5 Å². The highest BCUT2D eigenvalue weighted by atomic mass is 16.3. The quantitative estimate of drug-likeness (QED) is 0.572. The first kappa shape index (κ1) is 21.7. The Balaban J connectivity index is 0.000000332. The minimum absolute atomic E-state index is 0.0352. The van der Waals surface area contributed by atoms with Gasteiger partial charge in [0.05, 0.1) is 0 Å². The molecular weight excluding hydrogens is 404 g/mol. The third kappa shape index (κ3) is 3.82. The van der Waals surface area contributed by atoms with E-state index in [2.05, 4.69) is 43.3 Å². The normalized spacial score (nSPS) is 21.7. The summed E-state index contributed by atoms with van der Waals surface area (Å²) >= 11 is 0. The predicted octanol–water partition coefficient (Wildman–Crippen LogP) is 5.55. The predicted molar refractivity (Wildman–Crippen MR) is 134 cm³/mol. The van der Waals surface area contributed by atoms with Gasteiger partial charge in [-0.25, -0.2) is 0 Å². The van der Waals surface area contributed by atoms with Crippen LogP contribution in [-0.2, 0) is 11.2 Å². The Kier molecular flexibility index (Phi) is 5.70. The summed E-state index contributed by atoms with van der Waals surface area (Å²) in [5.41, 5.74) is 2.17. The van der Waals surface area contributed by atoms with Gasteiger partial charge in [0.1, 0.15) is 11.5 Å². The molecule has 3 aliphatic rings. The van der Waals surface area contributed by atoms with Gasteiger partial charge in [0.15, 0.2) is 0 Å². The Bertz CT molecular complexity index is 1370. The lowest BCUT2D eigenvalue weighted by atomic mass is 9.61. The Hall–Kier alpha value is -3.13. The molecule has 0 aliphatic heterocycles. The SMILES string of the molecule is CC1CC(C(=O)C2(C)CCC2)c2c3c(ccc2=C1O)=c1ccccc1=CC3.c1ccccc1. The molecule has 0 amide bonds. The van der Waals surface area contributed by atoms with E-state index in [1.807, 2.05) is 49.4 Å². The largest absolute Gasteiger partial charge is 0.511 e. The summed E-state index contributed by atoms with van der Waals surface area (Å²) in [6.07, 6.45) is 6.99. The molecule has 0 saturated heterocycles.